The van der Waals surface area contributed by atoms with Crippen LogP contribution < -0.4 is 10.2 Å². The Bertz CT molecular complexity index is 1530. The van der Waals surface area contributed by atoms with Gasteiger partial charge in [-0.1, -0.05) is 42.5 Å². The second-order valence-electron chi connectivity index (χ2n) is 8.91. The van der Waals surface area contributed by atoms with Gasteiger partial charge in [-0.15, -0.1) is 0 Å². The van der Waals surface area contributed by atoms with Crippen LogP contribution in [0.1, 0.15) is 11.1 Å². The number of halogens is 1. The number of rotatable bonds is 6. The predicted molar refractivity (Wildman–Crippen MR) is 142 cm³/mol. The molecule has 1 N–H and O–H groups in total. The Kier molecular flexibility index (Phi) is 6.04. The summed E-state index contributed by atoms with van der Waals surface area (Å²) in [5.41, 5.74) is 10.7. The van der Waals surface area contributed by atoms with Crippen LogP contribution >= 0.6 is 0 Å². The van der Waals surface area contributed by atoms with E-state index < -0.39 is 0 Å². The highest BCUT2D eigenvalue weighted by molar-refractivity contribution is 5.95. The molecule has 1 aliphatic heterocycles. The number of anilines is 1. The van der Waals surface area contributed by atoms with Crippen LogP contribution in [0.2, 0.25) is 0 Å². The fraction of sp³-hybridized carbons (Fsp3) is 0.100. The Morgan fingerprint density at radius 3 is 2.38 bits per heavy atom. The topological polar surface area (TPSA) is 63.2 Å². The van der Waals surface area contributed by atoms with Gasteiger partial charge in [-0.05, 0) is 53.6 Å². The molecule has 0 saturated heterocycles. The third kappa shape index (κ3) is 4.64. The molecule has 6 nitrogen and oxygen atoms in total. The summed E-state index contributed by atoms with van der Waals surface area (Å²) in [6.45, 7) is 1.17. The average Bonchev–Trinajstić information content (AvgIpc) is 3.32. The molecule has 0 radical (unpaired) electrons. The molecule has 7 heteroatoms. The van der Waals surface area contributed by atoms with Gasteiger partial charge in [-0.2, -0.15) is 0 Å². The molecule has 0 amide bonds. The summed E-state index contributed by atoms with van der Waals surface area (Å²) in [4.78, 5) is 13.7. The van der Waals surface area contributed by atoms with Crippen molar-refractivity contribution in [1.82, 2.24) is 20.0 Å². The van der Waals surface area contributed by atoms with Crippen LogP contribution in [0.25, 0.3) is 33.6 Å². The van der Waals surface area contributed by atoms with E-state index in [4.69, 9.17) is 9.72 Å². The summed E-state index contributed by atoms with van der Waals surface area (Å²) in [6.07, 6.45) is 3.25. The number of benzene rings is 3. The van der Waals surface area contributed by atoms with Gasteiger partial charge in [0.1, 0.15) is 30.3 Å². The Labute approximate surface area is 214 Å². The molecule has 5 aromatic rings. The molecule has 0 fully saturated rings. The van der Waals surface area contributed by atoms with Crippen molar-refractivity contribution >= 4 is 5.82 Å². The summed E-state index contributed by atoms with van der Waals surface area (Å²) in [5, 5.41) is 2.00. The van der Waals surface area contributed by atoms with Gasteiger partial charge in [-0.3, -0.25) is 0 Å². The first-order chi connectivity index (χ1) is 18.2. The first kappa shape index (κ1) is 22.8. The van der Waals surface area contributed by atoms with E-state index in [0.717, 1.165) is 56.3 Å². The van der Waals surface area contributed by atoms with Gasteiger partial charge in [0.25, 0.3) is 0 Å². The van der Waals surface area contributed by atoms with Crippen LogP contribution in [-0.2, 0) is 13.2 Å². The van der Waals surface area contributed by atoms with Crippen LogP contribution in [-0.4, -0.2) is 27.0 Å². The van der Waals surface area contributed by atoms with Crippen LogP contribution in [0, 0.1) is 5.82 Å². The number of ether oxygens (including phenoxy) is 1. The van der Waals surface area contributed by atoms with E-state index in [1.165, 1.54) is 18.5 Å². The fourth-order valence-corrected chi connectivity index (χ4v) is 4.61. The molecule has 2 aromatic heterocycles. The van der Waals surface area contributed by atoms with Crippen molar-refractivity contribution in [3.63, 3.8) is 0 Å². The largest absolute Gasteiger partial charge is 0.489 e. The lowest BCUT2D eigenvalue weighted by molar-refractivity contribution is 0.306. The maximum absolute atomic E-state index is 13.8. The van der Waals surface area contributed by atoms with Gasteiger partial charge in [-0.25, -0.2) is 24.4 Å². The molecule has 182 valence electrons. The molecule has 1 aliphatic rings. The van der Waals surface area contributed by atoms with E-state index >= 15 is 0 Å². The molecule has 0 bridgehead atoms. The molecule has 3 heterocycles. The summed E-state index contributed by atoms with van der Waals surface area (Å²) >= 11 is 0. The van der Waals surface area contributed by atoms with E-state index in [1.54, 1.807) is 18.3 Å². The standard InChI is InChI=1S/C30H24FN5O/c1-36-17-25-27(21-9-13-24(14-10-21)37-18-20-5-3-2-4-6-20)28(26-15-16-32-19-33-26)29(34-30(25)35-36)22-7-11-23(31)12-8-22/h2-16,19H,17-18H2,1H3,(H,34,35). The zero-order chi connectivity index (χ0) is 25.2. The SMILES string of the molecule is CN1Cc2c(nc(-c3ccc(F)cc3)c(-c3ccncn3)c2-c2ccc(OCc3ccccc3)cc2)N1. The molecule has 0 unspecified atom stereocenters. The number of pyridine rings is 1. The maximum Gasteiger partial charge on any atom is 0.146 e. The molecular formula is C30H24FN5O. The van der Waals surface area contributed by atoms with Crippen LogP contribution in [0.3, 0.4) is 0 Å². The lowest BCUT2D eigenvalue weighted by Crippen LogP contribution is -2.17. The zero-order valence-corrected chi connectivity index (χ0v) is 20.2. The van der Waals surface area contributed by atoms with Crippen molar-refractivity contribution in [2.75, 3.05) is 12.5 Å². The van der Waals surface area contributed by atoms with Crippen molar-refractivity contribution in [2.24, 2.45) is 0 Å². The normalized spacial score (nSPS) is 12.7. The minimum Gasteiger partial charge on any atom is -0.489 e. The van der Waals surface area contributed by atoms with Crippen LogP contribution in [0.4, 0.5) is 10.2 Å². The number of hydrazine groups is 1. The minimum atomic E-state index is -0.294. The minimum absolute atomic E-state index is 0.294. The third-order valence-electron chi connectivity index (χ3n) is 6.34. The van der Waals surface area contributed by atoms with E-state index in [-0.39, 0.29) is 5.82 Å². The smallest absolute Gasteiger partial charge is 0.146 e. The van der Waals surface area contributed by atoms with Gasteiger partial charge in [0.2, 0.25) is 0 Å². The molecule has 0 atom stereocenters. The molecule has 37 heavy (non-hydrogen) atoms. The summed E-state index contributed by atoms with van der Waals surface area (Å²) < 4.78 is 19.8. The summed E-state index contributed by atoms with van der Waals surface area (Å²) in [6, 6.07) is 26.5. The van der Waals surface area contributed by atoms with E-state index in [1.807, 2.05) is 60.6 Å². The molecule has 3 aromatic carbocycles. The summed E-state index contributed by atoms with van der Waals surface area (Å²) in [5.74, 6) is 1.27. The Hall–Kier alpha value is -4.62. The van der Waals surface area contributed by atoms with Crippen molar-refractivity contribution in [3.8, 4) is 39.4 Å². The highest BCUT2D eigenvalue weighted by Crippen LogP contribution is 2.45. The number of nitrogens with one attached hydrogen (secondary N) is 1. The number of fused-ring (bicyclic) bond motifs is 1. The van der Waals surface area contributed by atoms with E-state index in [9.17, 15) is 4.39 Å². The quantitative estimate of drug-likeness (QED) is 0.299. The van der Waals surface area contributed by atoms with Gasteiger partial charge >= 0.3 is 0 Å². The van der Waals surface area contributed by atoms with Crippen LogP contribution in [0.15, 0.2) is 97.5 Å². The number of hydrogen-bond donors (Lipinski definition) is 1. The molecule has 0 aliphatic carbocycles. The van der Waals surface area contributed by atoms with Gasteiger partial charge in [0.15, 0.2) is 0 Å². The van der Waals surface area contributed by atoms with Gasteiger partial charge in [0.05, 0.1) is 11.4 Å². The van der Waals surface area contributed by atoms with Crippen molar-refractivity contribution in [1.29, 1.82) is 0 Å². The maximum atomic E-state index is 13.8. The van der Waals surface area contributed by atoms with Gasteiger partial charge in [0, 0.05) is 42.0 Å². The van der Waals surface area contributed by atoms with Crippen molar-refractivity contribution in [3.05, 3.63) is 114 Å². The number of nitrogens with zero attached hydrogens (tertiary/aromatic N) is 4. The predicted octanol–water partition coefficient (Wildman–Crippen LogP) is 6.36. The first-order valence-electron chi connectivity index (χ1n) is 12.0. The van der Waals surface area contributed by atoms with E-state index in [0.29, 0.717) is 13.2 Å². The Balaban J connectivity index is 1.48. The van der Waals surface area contributed by atoms with Gasteiger partial charge < -0.3 is 10.2 Å². The molecular weight excluding hydrogens is 465 g/mol. The molecule has 0 spiro atoms. The lowest BCUT2D eigenvalue weighted by Gasteiger charge is -2.18. The summed E-state index contributed by atoms with van der Waals surface area (Å²) in [7, 11) is 1.98. The Morgan fingerprint density at radius 1 is 0.892 bits per heavy atom. The highest BCUT2D eigenvalue weighted by atomic mass is 19.1. The van der Waals surface area contributed by atoms with Crippen molar-refractivity contribution < 1.29 is 9.13 Å². The first-order valence-corrected chi connectivity index (χ1v) is 12.0. The second kappa shape index (κ2) is 9.79. The lowest BCUT2D eigenvalue weighted by atomic mass is 9.90. The molecule has 0 saturated carbocycles. The highest BCUT2D eigenvalue weighted by Gasteiger charge is 2.28. The fourth-order valence-electron chi connectivity index (χ4n) is 4.61. The average molecular weight is 490 g/mol. The number of aromatic nitrogens is 3. The molecule has 6 rings (SSSR count). The zero-order valence-electron chi connectivity index (χ0n) is 20.2. The van der Waals surface area contributed by atoms with Crippen LogP contribution in [0.5, 0.6) is 5.75 Å². The number of hydrogen-bond acceptors (Lipinski definition) is 6. The van der Waals surface area contributed by atoms with E-state index in [2.05, 4.69) is 27.5 Å². The Morgan fingerprint density at radius 2 is 1.65 bits per heavy atom. The third-order valence-corrected chi connectivity index (χ3v) is 6.34. The van der Waals surface area contributed by atoms with Crippen molar-refractivity contribution in [2.45, 2.75) is 13.2 Å². The monoisotopic (exact) mass is 489 g/mol. The second-order valence-corrected chi connectivity index (χ2v) is 8.91.